The first kappa shape index (κ1) is 9.68. The molecule has 2 heterocycles. The molecule has 4 heteroatoms. The van der Waals surface area contributed by atoms with Crippen LogP contribution in [0.2, 0.25) is 0 Å². The summed E-state index contributed by atoms with van der Waals surface area (Å²) >= 11 is 0. The minimum Gasteiger partial charge on any atom is -0.447 e. The summed E-state index contributed by atoms with van der Waals surface area (Å²) in [7, 11) is 0. The van der Waals surface area contributed by atoms with Crippen molar-refractivity contribution in [2.24, 2.45) is 5.73 Å². The van der Waals surface area contributed by atoms with Crippen LogP contribution in [0.1, 0.15) is 36.9 Å². The van der Waals surface area contributed by atoms with Crippen molar-refractivity contribution in [3.63, 3.8) is 0 Å². The Kier molecular flexibility index (Phi) is 3.16. The van der Waals surface area contributed by atoms with Gasteiger partial charge in [0.05, 0.1) is 11.7 Å². The summed E-state index contributed by atoms with van der Waals surface area (Å²) < 4.78 is 5.43. The standard InChI is InChI=1S/C10H17N3O/c11-5-4-8-7-14-10(13-8)9-3-1-2-6-12-9/h7,9,12H,1-6,11H2. The van der Waals surface area contributed by atoms with E-state index in [4.69, 9.17) is 10.2 Å². The second-order valence-electron chi connectivity index (χ2n) is 3.72. The first-order valence-corrected chi connectivity index (χ1v) is 5.28. The molecule has 1 aromatic rings. The third-order valence-electron chi connectivity index (χ3n) is 2.58. The van der Waals surface area contributed by atoms with E-state index < -0.39 is 0 Å². The summed E-state index contributed by atoms with van der Waals surface area (Å²) in [6, 6.07) is 0.315. The van der Waals surface area contributed by atoms with Gasteiger partial charge in [-0.3, -0.25) is 0 Å². The summed E-state index contributed by atoms with van der Waals surface area (Å²) in [6.45, 7) is 1.70. The zero-order valence-corrected chi connectivity index (χ0v) is 8.33. The van der Waals surface area contributed by atoms with Gasteiger partial charge in [-0.15, -0.1) is 0 Å². The molecular formula is C10H17N3O. The molecule has 0 aromatic carbocycles. The van der Waals surface area contributed by atoms with Crippen molar-refractivity contribution in [2.45, 2.75) is 31.7 Å². The lowest BCUT2D eigenvalue weighted by Crippen LogP contribution is -2.27. The molecule has 1 atom stereocenters. The summed E-state index contributed by atoms with van der Waals surface area (Å²) in [5.74, 6) is 0.827. The predicted octanol–water partition coefficient (Wildman–Crippen LogP) is 0.990. The molecule has 0 amide bonds. The SMILES string of the molecule is NCCc1coc(C2CCCCN2)n1. The van der Waals surface area contributed by atoms with E-state index in [2.05, 4.69) is 10.3 Å². The Morgan fingerprint density at radius 3 is 3.21 bits per heavy atom. The number of rotatable bonds is 3. The van der Waals surface area contributed by atoms with Gasteiger partial charge in [-0.05, 0) is 25.9 Å². The highest BCUT2D eigenvalue weighted by Gasteiger charge is 2.19. The zero-order valence-electron chi connectivity index (χ0n) is 8.33. The van der Waals surface area contributed by atoms with Gasteiger partial charge in [0.25, 0.3) is 0 Å². The van der Waals surface area contributed by atoms with Crippen LogP contribution in [-0.2, 0) is 6.42 Å². The van der Waals surface area contributed by atoms with Gasteiger partial charge in [0.15, 0.2) is 0 Å². The normalized spacial score (nSPS) is 22.5. The molecule has 1 unspecified atom stereocenters. The Hall–Kier alpha value is -0.870. The number of aromatic nitrogens is 1. The predicted molar refractivity (Wildman–Crippen MR) is 53.9 cm³/mol. The molecule has 1 saturated heterocycles. The molecule has 1 aromatic heterocycles. The maximum atomic E-state index is 5.45. The zero-order chi connectivity index (χ0) is 9.80. The fourth-order valence-corrected chi connectivity index (χ4v) is 1.81. The lowest BCUT2D eigenvalue weighted by Gasteiger charge is -2.20. The highest BCUT2D eigenvalue weighted by atomic mass is 16.3. The number of hydrogen-bond donors (Lipinski definition) is 2. The van der Waals surface area contributed by atoms with Gasteiger partial charge in [0.2, 0.25) is 5.89 Å². The Morgan fingerprint density at radius 1 is 1.57 bits per heavy atom. The maximum Gasteiger partial charge on any atom is 0.211 e. The minimum absolute atomic E-state index is 0.315. The summed E-state index contributed by atoms with van der Waals surface area (Å²) in [5.41, 5.74) is 6.42. The topological polar surface area (TPSA) is 64.1 Å². The fraction of sp³-hybridized carbons (Fsp3) is 0.700. The Labute approximate surface area is 83.9 Å². The van der Waals surface area contributed by atoms with E-state index in [9.17, 15) is 0 Å². The van der Waals surface area contributed by atoms with E-state index in [1.807, 2.05) is 0 Å². The van der Waals surface area contributed by atoms with Crippen molar-refractivity contribution in [3.8, 4) is 0 Å². The van der Waals surface area contributed by atoms with E-state index in [1.165, 1.54) is 12.8 Å². The van der Waals surface area contributed by atoms with Gasteiger partial charge < -0.3 is 15.5 Å². The minimum atomic E-state index is 0.315. The Bertz CT molecular complexity index is 279. The first-order valence-electron chi connectivity index (χ1n) is 5.28. The quantitative estimate of drug-likeness (QED) is 0.755. The van der Waals surface area contributed by atoms with Gasteiger partial charge >= 0.3 is 0 Å². The molecule has 1 aliphatic rings. The summed E-state index contributed by atoms with van der Waals surface area (Å²) in [5, 5.41) is 3.40. The van der Waals surface area contributed by atoms with Crippen LogP contribution in [0.15, 0.2) is 10.7 Å². The van der Waals surface area contributed by atoms with Crippen LogP contribution < -0.4 is 11.1 Å². The number of nitrogens with zero attached hydrogens (tertiary/aromatic N) is 1. The van der Waals surface area contributed by atoms with Crippen molar-refractivity contribution in [2.75, 3.05) is 13.1 Å². The Balaban J connectivity index is 2.00. The molecule has 78 valence electrons. The van der Waals surface area contributed by atoms with Crippen LogP contribution in [0.4, 0.5) is 0 Å². The summed E-state index contributed by atoms with van der Waals surface area (Å²) in [6.07, 6.45) is 6.16. The number of oxazole rings is 1. The smallest absolute Gasteiger partial charge is 0.211 e. The molecule has 4 nitrogen and oxygen atoms in total. The highest BCUT2D eigenvalue weighted by molar-refractivity contribution is 5.01. The fourth-order valence-electron chi connectivity index (χ4n) is 1.81. The molecule has 1 aliphatic heterocycles. The van der Waals surface area contributed by atoms with E-state index >= 15 is 0 Å². The van der Waals surface area contributed by atoms with Crippen molar-refractivity contribution < 1.29 is 4.42 Å². The molecular weight excluding hydrogens is 178 g/mol. The average Bonchev–Trinajstić information content (AvgIpc) is 2.68. The van der Waals surface area contributed by atoms with Crippen LogP contribution in [0, 0.1) is 0 Å². The molecule has 0 aliphatic carbocycles. The van der Waals surface area contributed by atoms with Gasteiger partial charge in [-0.25, -0.2) is 4.98 Å². The van der Waals surface area contributed by atoms with Crippen LogP contribution >= 0.6 is 0 Å². The van der Waals surface area contributed by atoms with Gasteiger partial charge in [-0.1, -0.05) is 6.42 Å². The van der Waals surface area contributed by atoms with Gasteiger partial charge in [0.1, 0.15) is 6.26 Å². The molecule has 0 spiro atoms. The molecule has 0 bridgehead atoms. The Morgan fingerprint density at radius 2 is 2.50 bits per heavy atom. The maximum absolute atomic E-state index is 5.45. The second kappa shape index (κ2) is 4.57. The lowest BCUT2D eigenvalue weighted by molar-refractivity contribution is 0.338. The second-order valence-corrected chi connectivity index (χ2v) is 3.72. The van der Waals surface area contributed by atoms with Crippen LogP contribution in [0.25, 0.3) is 0 Å². The van der Waals surface area contributed by atoms with E-state index in [-0.39, 0.29) is 0 Å². The van der Waals surface area contributed by atoms with Crippen molar-refractivity contribution >= 4 is 0 Å². The highest BCUT2D eigenvalue weighted by Crippen LogP contribution is 2.22. The molecule has 1 fully saturated rings. The van der Waals surface area contributed by atoms with Crippen LogP contribution in [0.3, 0.4) is 0 Å². The molecule has 2 rings (SSSR count). The number of piperidine rings is 1. The van der Waals surface area contributed by atoms with Crippen molar-refractivity contribution in [1.82, 2.24) is 10.3 Å². The number of hydrogen-bond acceptors (Lipinski definition) is 4. The van der Waals surface area contributed by atoms with Crippen LogP contribution in [-0.4, -0.2) is 18.1 Å². The van der Waals surface area contributed by atoms with E-state index in [1.54, 1.807) is 6.26 Å². The van der Waals surface area contributed by atoms with Gasteiger partial charge in [0, 0.05) is 6.42 Å². The van der Waals surface area contributed by atoms with Crippen molar-refractivity contribution in [3.05, 3.63) is 17.8 Å². The lowest BCUT2D eigenvalue weighted by atomic mass is 10.1. The number of nitrogens with one attached hydrogen (secondary N) is 1. The summed E-state index contributed by atoms with van der Waals surface area (Å²) in [4.78, 5) is 4.41. The van der Waals surface area contributed by atoms with Gasteiger partial charge in [-0.2, -0.15) is 0 Å². The molecule has 0 saturated carbocycles. The largest absolute Gasteiger partial charge is 0.447 e. The molecule has 14 heavy (non-hydrogen) atoms. The molecule has 0 radical (unpaired) electrons. The van der Waals surface area contributed by atoms with E-state index in [0.29, 0.717) is 12.6 Å². The van der Waals surface area contributed by atoms with Crippen molar-refractivity contribution in [1.29, 1.82) is 0 Å². The van der Waals surface area contributed by atoms with Crippen LogP contribution in [0.5, 0.6) is 0 Å². The monoisotopic (exact) mass is 195 g/mol. The molecule has 3 N–H and O–H groups in total. The van der Waals surface area contributed by atoms with E-state index in [0.717, 1.165) is 31.0 Å². The number of nitrogens with two attached hydrogens (primary N) is 1. The third kappa shape index (κ3) is 2.13. The average molecular weight is 195 g/mol. The first-order chi connectivity index (χ1) is 6.90. The third-order valence-corrected chi connectivity index (χ3v) is 2.58.